The second-order valence-electron chi connectivity index (χ2n) is 4.99. The van der Waals surface area contributed by atoms with Crippen LogP contribution in [-0.4, -0.2) is 19.1 Å². The van der Waals surface area contributed by atoms with Gasteiger partial charge in [-0.2, -0.15) is 0 Å². The first-order valence-corrected chi connectivity index (χ1v) is 6.20. The number of hydrogen-bond donors (Lipinski definition) is 2. The summed E-state index contributed by atoms with van der Waals surface area (Å²) in [6.07, 6.45) is 6.60. The van der Waals surface area contributed by atoms with E-state index in [-0.39, 0.29) is 6.03 Å². The molecule has 3 nitrogen and oxygen atoms in total. The number of amides is 2. The van der Waals surface area contributed by atoms with Gasteiger partial charge in [0.1, 0.15) is 0 Å². The van der Waals surface area contributed by atoms with Crippen LogP contribution in [0.1, 0.15) is 46.0 Å². The molecular weight excluding hydrogens is 188 g/mol. The molecule has 0 spiro atoms. The molecule has 0 aromatic carbocycles. The van der Waals surface area contributed by atoms with E-state index in [0.717, 1.165) is 13.1 Å². The lowest BCUT2D eigenvalue weighted by Crippen LogP contribution is -2.40. The maximum atomic E-state index is 11.4. The molecule has 2 N–H and O–H groups in total. The highest BCUT2D eigenvalue weighted by molar-refractivity contribution is 5.73. The molecule has 0 unspecified atom stereocenters. The Morgan fingerprint density at radius 2 is 1.87 bits per heavy atom. The first-order valence-electron chi connectivity index (χ1n) is 6.20. The molecule has 1 aliphatic rings. The van der Waals surface area contributed by atoms with Crippen molar-refractivity contribution in [2.45, 2.75) is 46.0 Å². The van der Waals surface area contributed by atoms with Gasteiger partial charge in [-0.1, -0.05) is 33.1 Å². The summed E-state index contributed by atoms with van der Waals surface area (Å²) in [5.41, 5.74) is 0. The molecule has 3 heteroatoms. The lowest BCUT2D eigenvalue weighted by molar-refractivity contribution is 0.235. The van der Waals surface area contributed by atoms with Gasteiger partial charge in [-0.15, -0.1) is 0 Å². The number of urea groups is 1. The predicted molar refractivity (Wildman–Crippen MR) is 62.8 cm³/mol. The monoisotopic (exact) mass is 212 g/mol. The van der Waals surface area contributed by atoms with Crippen molar-refractivity contribution in [1.29, 1.82) is 0 Å². The third-order valence-corrected chi connectivity index (χ3v) is 2.95. The summed E-state index contributed by atoms with van der Waals surface area (Å²) in [6, 6.07) is -0.00530. The molecule has 0 radical (unpaired) electrons. The van der Waals surface area contributed by atoms with Crippen LogP contribution in [0.2, 0.25) is 0 Å². The molecule has 0 aliphatic heterocycles. The lowest BCUT2D eigenvalue weighted by atomic mass is 9.89. The normalized spacial score (nSPS) is 17.8. The maximum absolute atomic E-state index is 11.4. The van der Waals surface area contributed by atoms with Gasteiger partial charge in [-0.3, -0.25) is 0 Å². The summed E-state index contributed by atoms with van der Waals surface area (Å²) >= 11 is 0. The maximum Gasteiger partial charge on any atom is 0.314 e. The van der Waals surface area contributed by atoms with Gasteiger partial charge in [0, 0.05) is 13.1 Å². The van der Waals surface area contributed by atoms with E-state index in [1.54, 1.807) is 0 Å². The summed E-state index contributed by atoms with van der Waals surface area (Å²) < 4.78 is 0. The smallest absolute Gasteiger partial charge is 0.314 e. The van der Waals surface area contributed by atoms with E-state index < -0.39 is 0 Å². The van der Waals surface area contributed by atoms with Crippen LogP contribution in [0.4, 0.5) is 4.79 Å². The minimum absolute atomic E-state index is 0.00530. The second-order valence-corrected chi connectivity index (χ2v) is 4.99. The summed E-state index contributed by atoms with van der Waals surface area (Å²) in [7, 11) is 0. The van der Waals surface area contributed by atoms with E-state index in [1.165, 1.54) is 32.1 Å². The molecule has 1 saturated carbocycles. The number of carbonyl (C=O) groups is 1. The summed E-state index contributed by atoms with van der Waals surface area (Å²) in [6.45, 7) is 5.81. The molecule has 0 heterocycles. The highest BCUT2D eigenvalue weighted by Crippen LogP contribution is 2.22. The van der Waals surface area contributed by atoms with Gasteiger partial charge in [-0.05, 0) is 24.7 Å². The van der Waals surface area contributed by atoms with E-state index in [0.29, 0.717) is 11.8 Å². The van der Waals surface area contributed by atoms with Gasteiger partial charge in [-0.25, -0.2) is 4.79 Å². The quantitative estimate of drug-likeness (QED) is 0.738. The van der Waals surface area contributed by atoms with E-state index >= 15 is 0 Å². The Balaban J connectivity index is 2.05. The first kappa shape index (κ1) is 12.3. The zero-order valence-electron chi connectivity index (χ0n) is 10.0. The van der Waals surface area contributed by atoms with Crippen molar-refractivity contribution in [2.75, 3.05) is 13.1 Å². The number of carbonyl (C=O) groups excluding carboxylic acids is 1. The molecule has 0 aromatic rings. The average Bonchev–Trinajstić information content (AvgIpc) is 2.25. The minimum atomic E-state index is -0.00530. The Bertz CT molecular complexity index is 186. The number of rotatable bonds is 4. The number of hydrogen-bond acceptors (Lipinski definition) is 1. The third-order valence-electron chi connectivity index (χ3n) is 2.95. The largest absolute Gasteiger partial charge is 0.338 e. The van der Waals surface area contributed by atoms with Crippen molar-refractivity contribution in [3.8, 4) is 0 Å². The van der Waals surface area contributed by atoms with Crippen LogP contribution >= 0.6 is 0 Å². The standard InChI is InChI=1S/C12H24N2O/c1-10(2)8-13-12(15)14-9-11-6-4-3-5-7-11/h10-11H,3-9H2,1-2H3,(H2,13,14,15). The van der Waals surface area contributed by atoms with Crippen LogP contribution in [0.5, 0.6) is 0 Å². The van der Waals surface area contributed by atoms with Gasteiger partial charge in [0.2, 0.25) is 0 Å². The molecule has 0 bridgehead atoms. The van der Waals surface area contributed by atoms with Gasteiger partial charge < -0.3 is 10.6 Å². The summed E-state index contributed by atoms with van der Waals surface area (Å²) in [5, 5.41) is 5.83. The fourth-order valence-electron chi connectivity index (χ4n) is 1.99. The molecule has 1 fully saturated rings. The highest BCUT2D eigenvalue weighted by atomic mass is 16.2. The van der Waals surface area contributed by atoms with Crippen LogP contribution < -0.4 is 10.6 Å². The molecule has 0 aromatic heterocycles. The van der Waals surface area contributed by atoms with E-state index in [9.17, 15) is 4.79 Å². The Morgan fingerprint density at radius 1 is 1.20 bits per heavy atom. The Hall–Kier alpha value is -0.730. The average molecular weight is 212 g/mol. The van der Waals surface area contributed by atoms with Crippen molar-refractivity contribution in [3.05, 3.63) is 0 Å². The summed E-state index contributed by atoms with van der Waals surface area (Å²) in [4.78, 5) is 11.4. The molecule has 15 heavy (non-hydrogen) atoms. The summed E-state index contributed by atoms with van der Waals surface area (Å²) in [5.74, 6) is 1.23. The van der Waals surface area contributed by atoms with Gasteiger partial charge in [0.15, 0.2) is 0 Å². The minimum Gasteiger partial charge on any atom is -0.338 e. The first-order chi connectivity index (χ1) is 7.18. The Kier molecular flexibility index (Phi) is 5.51. The number of nitrogens with one attached hydrogen (secondary N) is 2. The highest BCUT2D eigenvalue weighted by Gasteiger charge is 2.13. The molecule has 0 saturated heterocycles. The van der Waals surface area contributed by atoms with Crippen molar-refractivity contribution < 1.29 is 4.79 Å². The molecule has 1 aliphatic carbocycles. The van der Waals surface area contributed by atoms with Crippen molar-refractivity contribution >= 4 is 6.03 Å². The van der Waals surface area contributed by atoms with Crippen molar-refractivity contribution in [3.63, 3.8) is 0 Å². The van der Waals surface area contributed by atoms with E-state index in [1.807, 2.05) is 0 Å². The zero-order chi connectivity index (χ0) is 11.1. The van der Waals surface area contributed by atoms with Gasteiger partial charge >= 0.3 is 6.03 Å². The van der Waals surface area contributed by atoms with Gasteiger partial charge in [0.05, 0.1) is 0 Å². The Labute approximate surface area is 93.0 Å². The second kappa shape index (κ2) is 6.70. The lowest BCUT2D eigenvalue weighted by Gasteiger charge is -2.21. The molecule has 2 amide bonds. The van der Waals surface area contributed by atoms with E-state index in [4.69, 9.17) is 0 Å². The molecular formula is C12H24N2O. The van der Waals surface area contributed by atoms with Crippen LogP contribution in [0.15, 0.2) is 0 Å². The van der Waals surface area contributed by atoms with Crippen LogP contribution in [0.3, 0.4) is 0 Å². The molecule has 1 rings (SSSR count). The third kappa shape index (κ3) is 5.65. The Morgan fingerprint density at radius 3 is 2.47 bits per heavy atom. The van der Waals surface area contributed by atoms with Crippen molar-refractivity contribution in [1.82, 2.24) is 10.6 Å². The molecule has 0 atom stereocenters. The zero-order valence-corrected chi connectivity index (χ0v) is 10.0. The fraction of sp³-hybridized carbons (Fsp3) is 0.917. The van der Waals surface area contributed by atoms with E-state index in [2.05, 4.69) is 24.5 Å². The SMILES string of the molecule is CC(C)CNC(=O)NCC1CCCCC1. The van der Waals surface area contributed by atoms with Crippen LogP contribution in [-0.2, 0) is 0 Å². The van der Waals surface area contributed by atoms with Crippen LogP contribution in [0.25, 0.3) is 0 Å². The predicted octanol–water partition coefficient (Wildman–Crippen LogP) is 2.52. The fourth-order valence-corrected chi connectivity index (χ4v) is 1.99. The van der Waals surface area contributed by atoms with Crippen molar-refractivity contribution in [2.24, 2.45) is 11.8 Å². The van der Waals surface area contributed by atoms with Gasteiger partial charge in [0.25, 0.3) is 0 Å². The van der Waals surface area contributed by atoms with Crippen LogP contribution in [0, 0.1) is 11.8 Å². The molecule has 88 valence electrons. The topological polar surface area (TPSA) is 41.1 Å².